The molecule has 3 heterocycles. The van der Waals surface area contributed by atoms with Crippen LogP contribution in [-0.4, -0.2) is 36.1 Å². The maximum Gasteiger partial charge on any atom is 0.147 e. The van der Waals surface area contributed by atoms with Crippen molar-refractivity contribution in [3.8, 4) is 0 Å². The number of likely N-dealkylation sites (tertiary alicyclic amines) is 1. The Balaban J connectivity index is 1.54. The number of anilines is 2. The Hall–Kier alpha value is -1.52. The van der Waals surface area contributed by atoms with Crippen LogP contribution in [0.4, 0.5) is 11.5 Å². The number of pyridine rings is 1. The number of rotatable bonds is 4. The first-order valence-electron chi connectivity index (χ1n) is 8.13. The minimum Gasteiger partial charge on any atom is -0.324 e. The molecule has 2 aliphatic rings. The number of hydrogen-bond donors (Lipinski definition) is 0. The Labute approximate surface area is 136 Å². The molecule has 0 bridgehead atoms. The van der Waals surface area contributed by atoms with Crippen molar-refractivity contribution in [2.45, 2.75) is 29.1 Å². The van der Waals surface area contributed by atoms with E-state index in [0.29, 0.717) is 0 Å². The molecule has 2 aromatic rings. The standard InChI is InChI=1S/C18H21N3S/c1-2-8-16-15(7-1)21(14-6-13-20-11-3-4-12-20)18-17(22-16)9-5-10-19-18/h1-2,5,7-10H,3-4,6,11-14H2. The second-order valence-corrected chi connectivity index (χ2v) is 7.03. The molecule has 1 fully saturated rings. The van der Waals surface area contributed by atoms with Gasteiger partial charge in [-0.1, -0.05) is 23.9 Å². The summed E-state index contributed by atoms with van der Waals surface area (Å²) < 4.78 is 0. The Bertz CT molecular complexity index is 607. The highest BCUT2D eigenvalue weighted by Crippen LogP contribution is 2.46. The molecule has 0 amide bonds. The van der Waals surface area contributed by atoms with Crippen LogP contribution in [0.25, 0.3) is 0 Å². The summed E-state index contributed by atoms with van der Waals surface area (Å²) in [7, 11) is 0. The van der Waals surface area contributed by atoms with E-state index in [-0.39, 0.29) is 0 Å². The average Bonchev–Trinajstić information content (AvgIpc) is 3.07. The fraction of sp³-hybridized carbons (Fsp3) is 0.389. The summed E-state index contributed by atoms with van der Waals surface area (Å²) in [5.41, 5.74) is 1.31. The predicted octanol–water partition coefficient (Wildman–Crippen LogP) is 4.17. The number of hydrogen-bond acceptors (Lipinski definition) is 4. The van der Waals surface area contributed by atoms with E-state index in [2.05, 4.69) is 45.1 Å². The molecular weight excluding hydrogens is 290 g/mol. The maximum absolute atomic E-state index is 4.64. The molecule has 4 heteroatoms. The van der Waals surface area contributed by atoms with Gasteiger partial charge in [0.2, 0.25) is 0 Å². The molecule has 22 heavy (non-hydrogen) atoms. The van der Waals surface area contributed by atoms with Crippen molar-refractivity contribution in [3.05, 3.63) is 42.6 Å². The lowest BCUT2D eigenvalue weighted by Crippen LogP contribution is -2.27. The molecule has 1 aromatic heterocycles. The van der Waals surface area contributed by atoms with Gasteiger partial charge in [-0.25, -0.2) is 4.98 Å². The van der Waals surface area contributed by atoms with Gasteiger partial charge in [-0.2, -0.15) is 0 Å². The molecule has 0 radical (unpaired) electrons. The Morgan fingerprint density at radius 1 is 0.955 bits per heavy atom. The third-order valence-electron chi connectivity index (χ3n) is 4.44. The van der Waals surface area contributed by atoms with Crippen molar-refractivity contribution in [2.75, 3.05) is 31.1 Å². The molecule has 114 valence electrons. The van der Waals surface area contributed by atoms with Gasteiger partial charge in [0.25, 0.3) is 0 Å². The second-order valence-electron chi connectivity index (χ2n) is 5.95. The molecule has 4 rings (SSSR count). The Morgan fingerprint density at radius 3 is 2.68 bits per heavy atom. The Morgan fingerprint density at radius 2 is 1.77 bits per heavy atom. The fourth-order valence-electron chi connectivity index (χ4n) is 3.35. The molecule has 0 atom stereocenters. The highest BCUT2D eigenvalue weighted by atomic mass is 32.2. The lowest BCUT2D eigenvalue weighted by molar-refractivity contribution is 0.335. The lowest BCUT2D eigenvalue weighted by Gasteiger charge is -2.32. The fourth-order valence-corrected chi connectivity index (χ4v) is 4.42. The first-order valence-corrected chi connectivity index (χ1v) is 8.95. The highest BCUT2D eigenvalue weighted by molar-refractivity contribution is 7.99. The van der Waals surface area contributed by atoms with Crippen molar-refractivity contribution in [3.63, 3.8) is 0 Å². The summed E-state index contributed by atoms with van der Waals surface area (Å²) in [5.74, 6) is 1.12. The van der Waals surface area contributed by atoms with Crippen LogP contribution in [0.1, 0.15) is 19.3 Å². The third kappa shape index (κ3) is 2.73. The van der Waals surface area contributed by atoms with Crippen molar-refractivity contribution < 1.29 is 0 Å². The van der Waals surface area contributed by atoms with Crippen LogP contribution >= 0.6 is 11.8 Å². The van der Waals surface area contributed by atoms with Gasteiger partial charge in [0.1, 0.15) is 5.82 Å². The molecule has 2 aliphatic heterocycles. The van der Waals surface area contributed by atoms with Crippen LogP contribution in [0, 0.1) is 0 Å². The quantitative estimate of drug-likeness (QED) is 0.843. The predicted molar refractivity (Wildman–Crippen MR) is 92.1 cm³/mol. The number of nitrogens with zero attached hydrogens (tertiary/aromatic N) is 3. The van der Waals surface area contributed by atoms with Gasteiger partial charge in [-0.05, 0) is 63.2 Å². The van der Waals surface area contributed by atoms with E-state index in [0.717, 1.165) is 12.4 Å². The van der Waals surface area contributed by atoms with Gasteiger partial charge in [0, 0.05) is 17.6 Å². The maximum atomic E-state index is 4.64. The molecule has 0 saturated carbocycles. The molecule has 0 N–H and O–H groups in total. The smallest absolute Gasteiger partial charge is 0.147 e. The van der Waals surface area contributed by atoms with E-state index < -0.39 is 0 Å². The largest absolute Gasteiger partial charge is 0.324 e. The molecule has 0 aliphatic carbocycles. The summed E-state index contributed by atoms with van der Waals surface area (Å²) in [6, 6.07) is 12.9. The number of aromatic nitrogens is 1. The number of benzene rings is 1. The van der Waals surface area contributed by atoms with Crippen LogP contribution in [0.2, 0.25) is 0 Å². The summed E-state index contributed by atoms with van der Waals surface area (Å²) in [4.78, 5) is 12.2. The minimum absolute atomic E-state index is 1.04. The monoisotopic (exact) mass is 311 g/mol. The second kappa shape index (κ2) is 6.31. The van der Waals surface area contributed by atoms with E-state index in [9.17, 15) is 0 Å². The van der Waals surface area contributed by atoms with Crippen molar-refractivity contribution >= 4 is 23.3 Å². The summed E-state index contributed by atoms with van der Waals surface area (Å²) >= 11 is 1.83. The molecule has 1 aromatic carbocycles. The van der Waals surface area contributed by atoms with E-state index in [1.165, 1.54) is 54.4 Å². The summed E-state index contributed by atoms with van der Waals surface area (Å²) in [6.45, 7) is 4.80. The molecule has 1 saturated heterocycles. The summed E-state index contributed by atoms with van der Waals surface area (Å²) in [6.07, 6.45) is 5.83. The van der Waals surface area contributed by atoms with Crippen LogP contribution in [-0.2, 0) is 0 Å². The number of para-hydroxylation sites is 1. The van der Waals surface area contributed by atoms with E-state index in [4.69, 9.17) is 0 Å². The van der Waals surface area contributed by atoms with Crippen LogP contribution < -0.4 is 4.90 Å². The van der Waals surface area contributed by atoms with Gasteiger partial charge in [0.05, 0.1) is 10.6 Å². The molecule has 0 unspecified atom stereocenters. The molecule has 0 spiro atoms. The minimum atomic E-state index is 1.04. The normalized spacial score (nSPS) is 17.4. The van der Waals surface area contributed by atoms with Crippen molar-refractivity contribution in [2.24, 2.45) is 0 Å². The zero-order valence-electron chi connectivity index (χ0n) is 12.7. The first kappa shape index (κ1) is 14.1. The lowest BCUT2D eigenvalue weighted by atomic mass is 10.2. The molecule has 3 nitrogen and oxygen atoms in total. The van der Waals surface area contributed by atoms with Gasteiger partial charge in [0.15, 0.2) is 0 Å². The topological polar surface area (TPSA) is 19.4 Å². The van der Waals surface area contributed by atoms with E-state index in [1.54, 1.807) is 0 Å². The van der Waals surface area contributed by atoms with Crippen molar-refractivity contribution in [1.82, 2.24) is 9.88 Å². The van der Waals surface area contributed by atoms with E-state index in [1.807, 2.05) is 24.0 Å². The highest BCUT2D eigenvalue weighted by Gasteiger charge is 2.23. The Kier molecular flexibility index (Phi) is 4.04. The summed E-state index contributed by atoms with van der Waals surface area (Å²) in [5, 5.41) is 0. The average molecular weight is 311 g/mol. The zero-order valence-corrected chi connectivity index (χ0v) is 13.6. The van der Waals surface area contributed by atoms with Crippen molar-refractivity contribution in [1.29, 1.82) is 0 Å². The van der Waals surface area contributed by atoms with Crippen LogP contribution in [0.15, 0.2) is 52.4 Å². The van der Waals surface area contributed by atoms with Gasteiger partial charge in [-0.15, -0.1) is 0 Å². The van der Waals surface area contributed by atoms with Gasteiger partial charge < -0.3 is 9.80 Å². The van der Waals surface area contributed by atoms with E-state index >= 15 is 0 Å². The van der Waals surface area contributed by atoms with Crippen LogP contribution in [0.3, 0.4) is 0 Å². The van der Waals surface area contributed by atoms with Gasteiger partial charge >= 0.3 is 0 Å². The van der Waals surface area contributed by atoms with Gasteiger partial charge in [-0.3, -0.25) is 0 Å². The third-order valence-corrected chi connectivity index (χ3v) is 5.54. The van der Waals surface area contributed by atoms with Crippen LogP contribution in [0.5, 0.6) is 0 Å². The SMILES string of the molecule is c1ccc2c(c1)Sc1cccnc1N2CCCN1CCCC1. The zero-order chi connectivity index (χ0) is 14.8. The number of fused-ring (bicyclic) bond motifs is 2. The first-order chi connectivity index (χ1) is 10.9. The molecular formula is C18H21N3S.